The van der Waals surface area contributed by atoms with E-state index in [1.807, 2.05) is 0 Å². The summed E-state index contributed by atoms with van der Waals surface area (Å²) in [6.45, 7) is 6.24. The van der Waals surface area contributed by atoms with Crippen molar-refractivity contribution < 1.29 is 10.2 Å². The third-order valence-corrected chi connectivity index (χ3v) is 4.42. The zero-order valence-electron chi connectivity index (χ0n) is 13.1. The number of nitrogens with one attached hydrogen (secondary N) is 1. The first-order chi connectivity index (χ1) is 10.1. The predicted molar refractivity (Wildman–Crippen MR) is 86.6 cm³/mol. The van der Waals surface area contributed by atoms with E-state index in [0.29, 0.717) is 0 Å². The molecule has 4 heteroatoms. The maximum Gasteiger partial charge on any atom is 0.0584 e. The van der Waals surface area contributed by atoms with Gasteiger partial charge in [-0.2, -0.15) is 0 Å². The molecule has 0 radical (unpaired) electrons. The van der Waals surface area contributed by atoms with E-state index in [-0.39, 0.29) is 24.8 Å². The second-order valence-electron chi connectivity index (χ2n) is 5.99. The number of nitrogens with zero attached hydrogens (tertiary/aromatic N) is 1. The number of benzene rings is 1. The Morgan fingerprint density at radius 1 is 1.24 bits per heavy atom. The van der Waals surface area contributed by atoms with Gasteiger partial charge in [0.05, 0.1) is 12.7 Å². The highest BCUT2D eigenvalue weighted by Crippen LogP contribution is 2.23. The molecule has 1 aliphatic heterocycles. The monoisotopic (exact) mass is 292 g/mol. The summed E-state index contributed by atoms with van der Waals surface area (Å²) >= 11 is 0. The van der Waals surface area contributed by atoms with Gasteiger partial charge in [-0.3, -0.25) is 0 Å². The predicted octanol–water partition coefficient (Wildman–Crippen LogP) is 2.07. The maximum absolute atomic E-state index is 9.57. The Morgan fingerprint density at radius 3 is 2.38 bits per heavy atom. The fourth-order valence-electron chi connectivity index (χ4n) is 2.85. The number of piperidine rings is 1. The summed E-state index contributed by atoms with van der Waals surface area (Å²) in [5.41, 5.74) is 2.47. The molecular weight excluding hydrogens is 264 g/mol. The van der Waals surface area contributed by atoms with Gasteiger partial charge in [0.1, 0.15) is 0 Å². The van der Waals surface area contributed by atoms with E-state index in [1.54, 1.807) is 0 Å². The van der Waals surface area contributed by atoms with E-state index in [2.05, 4.69) is 48.3 Å². The van der Waals surface area contributed by atoms with Crippen LogP contribution in [0.4, 0.5) is 5.69 Å². The van der Waals surface area contributed by atoms with Crippen LogP contribution in [-0.4, -0.2) is 42.1 Å². The van der Waals surface area contributed by atoms with Crippen LogP contribution in [0.2, 0.25) is 0 Å². The van der Waals surface area contributed by atoms with Gasteiger partial charge in [0.25, 0.3) is 0 Å². The molecule has 0 amide bonds. The Morgan fingerprint density at radius 2 is 1.86 bits per heavy atom. The van der Waals surface area contributed by atoms with Crippen LogP contribution in [0.25, 0.3) is 0 Å². The molecule has 3 N–H and O–H groups in total. The van der Waals surface area contributed by atoms with Crippen molar-refractivity contribution >= 4 is 5.69 Å². The van der Waals surface area contributed by atoms with Crippen molar-refractivity contribution in [1.29, 1.82) is 0 Å². The summed E-state index contributed by atoms with van der Waals surface area (Å²) in [5, 5.41) is 22.3. The number of hydrogen-bond acceptors (Lipinski definition) is 4. The molecule has 1 fully saturated rings. The van der Waals surface area contributed by atoms with Crippen LogP contribution in [-0.2, 0) is 0 Å². The molecule has 2 unspecified atom stereocenters. The molecule has 0 spiro atoms. The molecule has 1 aromatic rings. The Hall–Kier alpha value is -1.10. The minimum atomic E-state index is -0.130. The van der Waals surface area contributed by atoms with E-state index < -0.39 is 0 Å². The molecule has 21 heavy (non-hydrogen) atoms. The lowest BCUT2D eigenvalue weighted by atomic mass is 10.0. The van der Waals surface area contributed by atoms with Gasteiger partial charge in [-0.05, 0) is 43.9 Å². The van der Waals surface area contributed by atoms with E-state index in [0.717, 1.165) is 32.4 Å². The van der Waals surface area contributed by atoms with Gasteiger partial charge in [-0.15, -0.1) is 0 Å². The summed E-state index contributed by atoms with van der Waals surface area (Å²) in [5.74, 6) is 0. The normalized spacial score (nSPS) is 19.5. The average Bonchev–Trinajstić information content (AvgIpc) is 2.53. The van der Waals surface area contributed by atoms with Gasteiger partial charge in [0.2, 0.25) is 0 Å². The van der Waals surface area contributed by atoms with Crippen molar-refractivity contribution in [2.24, 2.45) is 0 Å². The summed E-state index contributed by atoms with van der Waals surface area (Å²) in [4.78, 5) is 2.33. The maximum atomic E-state index is 9.57. The number of aliphatic hydroxyl groups excluding tert-OH is 2. The Balaban J connectivity index is 1.95. The van der Waals surface area contributed by atoms with E-state index in [4.69, 9.17) is 0 Å². The standard InChI is InChI=1S/C17H28N2O2/c1-3-15(12-20)18-13(2)14-4-6-16(7-5-14)19-10-8-17(21)9-11-19/h4-7,13,15,17-18,20-21H,3,8-12H2,1-2H3. The second-order valence-corrected chi connectivity index (χ2v) is 5.99. The van der Waals surface area contributed by atoms with E-state index in [9.17, 15) is 10.2 Å². The van der Waals surface area contributed by atoms with Crippen LogP contribution in [0, 0.1) is 0 Å². The molecular formula is C17H28N2O2. The number of rotatable bonds is 6. The van der Waals surface area contributed by atoms with Crippen molar-refractivity contribution in [1.82, 2.24) is 5.32 Å². The topological polar surface area (TPSA) is 55.7 Å². The van der Waals surface area contributed by atoms with E-state index in [1.165, 1.54) is 11.3 Å². The third-order valence-electron chi connectivity index (χ3n) is 4.42. The molecule has 118 valence electrons. The van der Waals surface area contributed by atoms with Crippen LogP contribution in [0.15, 0.2) is 24.3 Å². The molecule has 0 bridgehead atoms. The number of anilines is 1. The molecule has 0 saturated carbocycles. The molecule has 0 aliphatic carbocycles. The Bertz CT molecular complexity index is 409. The first kappa shape index (κ1) is 16.3. The van der Waals surface area contributed by atoms with Crippen LogP contribution >= 0.6 is 0 Å². The summed E-state index contributed by atoms with van der Waals surface area (Å²) in [6.07, 6.45) is 2.51. The van der Waals surface area contributed by atoms with E-state index >= 15 is 0 Å². The first-order valence-electron chi connectivity index (χ1n) is 8.04. The quantitative estimate of drug-likeness (QED) is 0.751. The minimum Gasteiger partial charge on any atom is -0.395 e. The zero-order valence-corrected chi connectivity index (χ0v) is 13.1. The molecule has 0 aromatic heterocycles. The highest BCUT2D eigenvalue weighted by molar-refractivity contribution is 5.48. The summed E-state index contributed by atoms with van der Waals surface area (Å²) in [7, 11) is 0. The second kappa shape index (κ2) is 7.78. The van der Waals surface area contributed by atoms with Gasteiger partial charge in [-0.1, -0.05) is 19.1 Å². The minimum absolute atomic E-state index is 0.130. The third kappa shape index (κ3) is 4.43. The summed E-state index contributed by atoms with van der Waals surface area (Å²) < 4.78 is 0. The Kier molecular flexibility index (Phi) is 6.03. The molecule has 2 rings (SSSR count). The van der Waals surface area contributed by atoms with Crippen LogP contribution in [0.3, 0.4) is 0 Å². The van der Waals surface area contributed by atoms with Gasteiger partial charge < -0.3 is 20.4 Å². The molecule has 4 nitrogen and oxygen atoms in total. The fraction of sp³-hybridized carbons (Fsp3) is 0.647. The van der Waals surface area contributed by atoms with Crippen molar-refractivity contribution in [3.8, 4) is 0 Å². The fourth-order valence-corrected chi connectivity index (χ4v) is 2.85. The van der Waals surface area contributed by atoms with Crippen molar-refractivity contribution in [3.63, 3.8) is 0 Å². The van der Waals surface area contributed by atoms with Crippen LogP contribution < -0.4 is 10.2 Å². The van der Waals surface area contributed by atoms with Crippen LogP contribution in [0.5, 0.6) is 0 Å². The number of aliphatic hydroxyl groups is 2. The Labute approximate surface area is 127 Å². The lowest BCUT2D eigenvalue weighted by Gasteiger charge is -2.31. The average molecular weight is 292 g/mol. The van der Waals surface area contributed by atoms with Crippen LogP contribution in [0.1, 0.15) is 44.7 Å². The first-order valence-corrected chi connectivity index (χ1v) is 8.04. The molecule has 1 saturated heterocycles. The molecule has 2 atom stereocenters. The highest BCUT2D eigenvalue weighted by Gasteiger charge is 2.17. The lowest BCUT2D eigenvalue weighted by Crippen LogP contribution is -2.36. The molecule has 1 aliphatic rings. The largest absolute Gasteiger partial charge is 0.395 e. The van der Waals surface area contributed by atoms with Gasteiger partial charge in [-0.25, -0.2) is 0 Å². The number of hydrogen-bond donors (Lipinski definition) is 3. The van der Waals surface area contributed by atoms with Crippen molar-refractivity contribution in [2.75, 3.05) is 24.6 Å². The van der Waals surface area contributed by atoms with Gasteiger partial charge in [0.15, 0.2) is 0 Å². The lowest BCUT2D eigenvalue weighted by molar-refractivity contribution is 0.145. The zero-order chi connectivity index (χ0) is 15.2. The smallest absolute Gasteiger partial charge is 0.0584 e. The molecule has 1 heterocycles. The van der Waals surface area contributed by atoms with Gasteiger partial charge >= 0.3 is 0 Å². The highest BCUT2D eigenvalue weighted by atomic mass is 16.3. The summed E-state index contributed by atoms with van der Waals surface area (Å²) in [6, 6.07) is 9.02. The van der Waals surface area contributed by atoms with Crippen molar-refractivity contribution in [3.05, 3.63) is 29.8 Å². The SMILES string of the molecule is CCC(CO)NC(C)c1ccc(N2CCC(O)CC2)cc1. The van der Waals surface area contributed by atoms with Crippen molar-refractivity contribution in [2.45, 2.75) is 51.3 Å². The van der Waals surface area contributed by atoms with Gasteiger partial charge in [0, 0.05) is 30.9 Å². The molecule has 1 aromatic carbocycles.